The first-order valence-electron chi connectivity index (χ1n) is 4.17. The number of hydrogen-bond acceptors (Lipinski definition) is 3. The zero-order chi connectivity index (χ0) is 11.4. The second kappa shape index (κ2) is 4.41. The van der Waals surface area contributed by atoms with Crippen LogP contribution in [0, 0.1) is 0 Å². The van der Waals surface area contributed by atoms with Crippen LogP contribution in [0.3, 0.4) is 0 Å². The SMILES string of the molecule is C=Nc1ccc(C(=O)O)cc1C(=C)OC. The lowest BCUT2D eigenvalue weighted by Crippen LogP contribution is -1.97. The van der Waals surface area contributed by atoms with Gasteiger partial charge in [-0.15, -0.1) is 0 Å². The van der Waals surface area contributed by atoms with Crippen LogP contribution in [-0.2, 0) is 4.74 Å². The number of nitrogens with zero attached hydrogens (tertiary/aromatic N) is 1. The number of rotatable bonds is 4. The molecule has 0 radical (unpaired) electrons. The molecule has 78 valence electrons. The maximum absolute atomic E-state index is 10.7. The lowest BCUT2D eigenvalue weighted by atomic mass is 10.1. The molecule has 1 aromatic carbocycles. The first kappa shape index (κ1) is 11.0. The highest BCUT2D eigenvalue weighted by molar-refractivity contribution is 5.90. The van der Waals surface area contributed by atoms with Crippen LogP contribution in [-0.4, -0.2) is 24.9 Å². The van der Waals surface area contributed by atoms with E-state index in [2.05, 4.69) is 18.3 Å². The number of benzene rings is 1. The zero-order valence-electron chi connectivity index (χ0n) is 8.36. The number of ether oxygens (including phenoxy) is 1. The summed E-state index contributed by atoms with van der Waals surface area (Å²) < 4.78 is 4.94. The molecule has 0 saturated carbocycles. The Morgan fingerprint density at radius 2 is 2.20 bits per heavy atom. The molecule has 0 heterocycles. The minimum Gasteiger partial charge on any atom is -0.497 e. The Balaban J connectivity index is 3.31. The smallest absolute Gasteiger partial charge is 0.335 e. The fourth-order valence-corrected chi connectivity index (χ4v) is 1.14. The third kappa shape index (κ3) is 2.22. The monoisotopic (exact) mass is 205 g/mol. The zero-order valence-corrected chi connectivity index (χ0v) is 8.36. The van der Waals surface area contributed by atoms with E-state index in [9.17, 15) is 4.79 Å². The molecule has 0 amide bonds. The standard InChI is InChI=1S/C11H11NO3/c1-7(15-3)9-6-8(11(13)14)4-5-10(9)12-2/h4-6H,1-2H2,3H3,(H,13,14). The van der Waals surface area contributed by atoms with Gasteiger partial charge in [-0.3, -0.25) is 4.99 Å². The van der Waals surface area contributed by atoms with Crippen molar-refractivity contribution in [2.24, 2.45) is 4.99 Å². The first-order chi connectivity index (χ1) is 7.10. The van der Waals surface area contributed by atoms with Crippen LogP contribution in [0.5, 0.6) is 0 Å². The van der Waals surface area contributed by atoms with Gasteiger partial charge in [-0.25, -0.2) is 4.79 Å². The highest BCUT2D eigenvalue weighted by Crippen LogP contribution is 2.26. The first-order valence-corrected chi connectivity index (χ1v) is 4.17. The fraction of sp³-hybridized carbons (Fsp3) is 0.0909. The Hall–Kier alpha value is -2.10. The summed E-state index contributed by atoms with van der Waals surface area (Å²) in [5.74, 6) is -0.642. The van der Waals surface area contributed by atoms with Gasteiger partial charge in [0.2, 0.25) is 0 Å². The van der Waals surface area contributed by atoms with Crippen molar-refractivity contribution in [1.82, 2.24) is 0 Å². The van der Waals surface area contributed by atoms with Gasteiger partial charge < -0.3 is 9.84 Å². The summed E-state index contributed by atoms with van der Waals surface area (Å²) in [6.45, 7) is 7.04. The maximum atomic E-state index is 10.7. The molecule has 0 bridgehead atoms. The molecule has 0 atom stereocenters. The number of aliphatic imine (C=N–C) groups is 1. The van der Waals surface area contributed by atoms with Crippen LogP contribution >= 0.6 is 0 Å². The van der Waals surface area contributed by atoms with E-state index in [1.807, 2.05) is 0 Å². The second-order valence-electron chi connectivity index (χ2n) is 2.82. The van der Waals surface area contributed by atoms with Gasteiger partial charge in [-0.1, -0.05) is 6.58 Å². The summed E-state index contributed by atoms with van der Waals surface area (Å²) in [7, 11) is 1.46. The molecule has 1 aromatic rings. The third-order valence-corrected chi connectivity index (χ3v) is 1.96. The van der Waals surface area contributed by atoms with Gasteiger partial charge in [0.05, 0.1) is 18.4 Å². The number of carbonyl (C=O) groups is 1. The van der Waals surface area contributed by atoms with Gasteiger partial charge >= 0.3 is 5.97 Å². The van der Waals surface area contributed by atoms with Crippen molar-refractivity contribution in [3.8, 4) is 0 Å². The molecular weight excluding hydrogens is 194 g/mol. The number of methoxy groups -OCH3 is 1. The van der Waals surface area contributed by atoms with Gasteiger partial charge in [-0.05, 0) is 24.9 Å². The molecule has 1 N–H and O–H groups in total. The molecule has 4 heteroatoms. The normalized spacial score (nSPS) is 9.40. The van der Waals surface area contributed by atoms with Crippen LogP contribution in [0.4, 0.5) is 5.69 Å². The highest BCUT2D eigenvalue weighted by Gasteiger charge is 2.10. The predicted octanol–water partition coefficient (Wildman–Crippen LogP) is 2.33. The van der Waals surface area contributed by atoms with Crippen LogP contribution < -0.4 is 0 Å². The predicted molar refractivity (Wildman–Crippen MR) is 58.7 cm³/mol. The molecule has 0 saturated heterocycles. The molecule has 1 rings (SSSR count). The van der Waals surface area contributed by atoms with Crippen molar-refractivity contribution in [3.63, 3.8) is 0 Å². The Kier molecular flexibility index (Phi) is 3.23. The van der Waals surface area contributed by atoms with Crippen molar-refractivity contribution >= 4 is 24.1 Å². The van der Waals surface area contributed by atoms with E-state index in [0.29, 0.717) is 17.0 Å². The average Bonchev–Trinajstić information content (AvgIpc) is 2.27. The maximum Gasteiger partial charge on any atom is 0.335 e. The molecule has 4 nitrogen and oxygen atoms in total. The van der Waals surface area contributed by atoms with E-state index in [1.54, 1.807) is 6.07 Å². The number of carboxylic acids is 1. The van der Waals surface area contributed by atoms with Gasteiger partial charge in [0.15, 0.2) is 0 Å². The third-order valence-electron chi connectivity index (χ3n) is 1.96. The lowest BCUT2D eigenvalue weighted by molar-refractivity contribution is 0.0697. The number of carboxylic acid groups (broad SMARTS) is 1. The van der Waals surface area contributed by atoms with Crippen LogP contribution in [0.2, 0.25) is 0 Å². The minimum absolute atomic E-state index is 0.163. The highest BCUT2D eigenvalue weighted by atomic mass is 16.5. The lowest BCUT2D eigenvalue weighted by Gasteiger charge is -2.08. The average molecular weight is 205 g/mol. The minimum atomic E-state index is -1.00. The van der Waals surface area contributed by atoms with E-state index >= 15 is 0 Å². The quantitative estimate of drug-likeness (QED) is 0.606. The summed E-state index contributed by atoms with van der Waals surface area (Å²) in [5, 5.41) is 8.81. The molecule has 0 unspecified atom stereocenters. The van der Waals surface area contributed by atoms with E-state index in [0.717, 1.165) is 0 Å². The molecule has 0 spiro atoms. The van der Waals surface area contributed by atoms with Gasteiger partial charge in [0.1, 0.15) is 5.76 Å². The van der Waals surface area contributed by atoms with E-state index < -0.39 is 5.97 Å². The topological polar surface area (TPSA) is 58.9 Å². The van der Waals surface area contributed by atoms with Crippen molar-refractivity contribution in [2.45, 2.75) is 0 Å². The van der Waals surface area contributed by atoms with Gasteiger partial charge in [0.25, 0.3) is 0 Å². The van der Waals surface area contributed by atoms with E-state index in [1.165, 1.54) is 19.2 Å². The molecule has 0 aliphatic rings. The van der Waals surface area contributed by atoms with Crippen molar-refractivity contribution < 1.29 is 14.6 Å². The molecule has 0 fully saturated rings. The number of aromatic carboxylic acids is 1. The molecule has 15 heavy (non-hydrogen) atoms. The second-order valence-corrected chi connectivity index (χ2v) is 2.82. The number of hydrogen-bond donors (Lipinski definition) is 1. The van der Waals surface area contributed by atoms with Crippen molar-refractivity contribution in [2.75, 3.05) is 7.11 Å². The Labute approximate surface area is 87.5 Å². The Bertz CT molecular complexity index is 424. The molecule has 0 aliphatic carbocycles. The Morgan fingerprint density at radius 3 is 2.67 bits per heavy atom. The molecule has 0 aromatic heterocycles. The van der Waals surface area contributed by atoms with E-state index in [4.69, 9.17) is 9.84 Å². The van der Waals surface area contributed by atoms with E-state index in [-0.39, 0.29) is 5.56 Å². The van der Waals surface area contributed by atoms with Crippen molar-refractivity contribution in [1.29, 1.82) is 0 Å². The van der Waals surface area contributed by atoms with Gasteiger partial charge in [-0.2, -0.15) is 0 Å². The summed E-state index contributed by atoms with van der Waals surface area (Å²) in [5.41, 5.74) is 1.25. The Morgan fingerprint density at radius 1 is 1.53 bits per heavy atom. The van der Waals surface area contributed by atoms with Crippen molar-refractivity contribution in [3.05, 3.63) is 35.9 Å². The summed E-state index contributed by atoms with van der Waals surface area (Å²) in [6, 6.07) is 4.48. The summed E-state index contributed by atoms with van der Waals surface area (Å²) in [4.78, 5) is 14.5. The summed E-state index contributed by atoms with van der Waals surface area (Å²) in [6.07, 6.45) is 0. The van der Waals surface area contributed by atoms with Crippen LogP contribution in [0.15, 0.2) is 29.8 Å². The van der Waals surface area contributed by atoms with Crippen LogP contribution in [0.1, 0.15) is 15.9 Å². The molecule has 0 aliphatic heterocycles. The summed E-state index contributed by atoms with van der Waals surface area (Å²) >= 11 is 0. The van der Waals surface area contributed by atoms with Crippen LogP contribution in [0.25, 0.3) is 5.76 Å². The molecular formula is C11H11NO3. The largest absolute Gasteiger partial charge is 0.497 e. The fourth-order valence-electron chi connectivity index (χ4n) is 1.14. The van der Waals surface area contributed by atoms with Gasteiger partial charge in [0, 0.05) is 5.56 Å².